The molecule has 0 radical (unpaired) electrons. The summed E-state index contributed by atoms with van der Waals surface area (Å²) < 4.78 is 0. The Hall–Kier alpha value is -0.630. The molecule has 1 fully saturated rings. The molecule has 2 rings (SSSR count). The minimum Gasteiger partial charge on any atom is -0.227 e. The van der Waals surface area contributed by atoms with E-state index in [-0.39, 0.29) is 0 Å². The van der Waals surface area contributed by atoms with Gasteiger partial charge in [0.1, 0.15) is 0 Å². The summed E-state index contributed by atoms with van der Waals surface area (Å²) in [6.45, 7) is 0. The van der Waals surface area contributed by atoms with Crippen LogP contribution >= 0.6 is 11.6 Å². The highest BCUT2D eigenvalue weighted by molar-refractivity contribution is 6.28. The highest BCUT2D eigenvalue weighted by atomic mass is 35.5. The van der Waals surface area contributed by atoms with Gasteiger partial charge >= 0.3 is 0 Å². The maximum absolute atomic E-state index is 5.78. The molecule has 2 nitrogen and oxygen atoms in total. The minimum atomic E-state index is 0.381. The molecule has 0 bridgehead atoms. The summed E-state index contributed by atoms with van der Waals surface area (Å²) in [4.78, 5) is 8.21. The van der Waals surface area contributed by atoms with Crippen LogP contribution in [0.5, 0.6) is 0 Å². The zero-order valence-electron chi connectivity index (χ0n) is 8.25. The van der Waals surface area contributed by atoms with Crippen molar-refractivity contribution >= 4 is 11.6 Å². The quantitative estimate of drug-likeness (QED) is 0.523. The summed E-state index contributed by atoms with van der Waals surface area (Å²) in [6, 6.07) is 2.00. The Morgan fingerprint density at radius 1 is 1.14 bits per heavy atom. The summed E-state index contributed by atoms with van der Waals surface area (Å²) in [6.07, 6.45) is 9.67. The first-order valence-electron chi connectivity index (χ1n) is 5.35. The van der Waals surface area contributed by atoms with Crippen molar-refractivity contribution in [2.45, 2.75) is 44.4 Å². The van der Waals surface area contributed by atoms with Crippen molar-refractivity contribution in [1.29, 1.82) is 0 Å². The van der Waals surface area contributed by atoms with E-state index >= 15 is 0 Å². The lowest BCUT2D eigenvalue weighted by Gasteiger charge is -2.12. The van der Waals surface area contributed by atoms with Crippen LogP contribution in [0.2, 0.25) is 5.28 Å². The van der Waals surface area contributed by atoms with Crippen LogP contribution in [0.3, 0.4) is 0 Å². The van der Waals surface area contributed by atoms with E-state index in [1.54, 1.807) is 6.20 Å². The molecule has 14 heavy (non-hydrogen) atoms. The number of halogens is 1. The molecule has 1 aliphatic rings. The molecule has 0 atom stereocenters. The van der Waals surface area contributed by atoms with Crippen molar-refractivity contribution in [2.24, 2.45) is 0 Å². The van der Waals surface area contributed by atoms with E-state index in [2.05, 4.69) is 9.97 Å². The molecule has 3 heteroatoms. The highest BCUT2D eigenvalue weighted by Gasteiger charge is 2.15. The van der Waals surface area contributed by atoms with Crippen molar-refractivity contribution < 1.29 is 0 Å². The number of hydrogen-bond acceptors (Lipinski definition) is 2. The Morgan fingerprint density at radius 3 is 2.50 bits per heavy atom. The number of aromatic nitrogens is 2. The normalized spacial score (nSPS) is 19.2. The van der Waals surface area contributed by atoms with Crippen LogP contribution in [0, 0.1) is 0 Å². The number of hydrogen-bond donors (Lipinski definition) is 0. The summed E-state index contributed by atoms with van der Waals surface area (Å²) >= 11 is 5.78. The molecule has 0 saturated heterocycles. The van der Waals surface area contributed by atoms with Gasteiger partial charge in [0.05, 0.1) is 0 Å². The van der Waals surface area contributed by atoms with Crippen LogP contribution in [-0.2, 0) is 0 Å². The van der Waals surface area contributed by atoms with Crippen LogP contribution in [0.4, 0.5) is 0 Å². The number of rotatable bonds is 1. The molecule has 1 aliphatic carbocycles. The second-order valence-electron chi connectivity index (χ2n) is 3.94. The third kappa shape index (κ3) is 2.44. The van der Waals surface area contributed by atoms with Crippen LogP contribution in [-0.4, -0.2) is 9.97 Å². The highest BCUT2D eigenvalue weighted by Crippen LogP contribution is 2.30. The van der Waals surface area contributed by atoms with Crippen molar-refractivity contribution in [2.75, 3.05) is 0 Å². The molecule has 0 amide bonds. The standard InChI is InChI=1S/C11H15ClN2/c12-11-13-8-7-10(14-11)9-5-3-1-2-4-6-9/h7-9H,1-6H2. The fourth-order valence-corrected chi connectivity index (χ4v) is 2.30. The summed E-state index contributed by atoms with van der Waals surface area (Å²) in [5, 5.41) is 0.381. The third-order valence-corrected chi connectivity index (χ3v) is 3.10. The fourth-order valence-electron chi connectivity index (χ4n) is 2.15. The second kappa shape index (κ2) is 4.74. The predicted molar refractivity (Wildman–Crippen MR) is 57.5 cm³/mol. The average molecular weight is 211 g/mol. The number of nitrogens with zero attached hydrogens (tertiary/aromatic N) is 2. The Morgan fingerprint density at radius 2 is 1.86 bits per heavy atom. The van der Waals surface area contributed by atoms with Crippen LogP contribution < -0.4 is 0 Å². The molecule has 0 aromatic carbocycles. The van der Waals surface area contributed by atoms with E-state index in [1.165, 1.54) is 38.5 Å². The first-order valence-corrected chi connectivity index (χ1v) is 5.72. The molecule has 1 aromatic rings. The maximum atomic E-state index is 5.78. The Balaban J connectivity index is 2.12. The van der Waals surface area contributed by atoms with Crippen LogP contribution in [0.1, 0.15) is 50.1 Å². The smallest absolute Gasteiger partial charge is 0.222 e. The SMILES string of the molecule is Clc1nccc(C2CCCCCC2)n1. The van der Waals surface area contributed by atoms with E-state index in [9.17, 15) is 0 Å². The summed E-state index contributed by atoms with van der Waals surface area (Å²) in [7, 11) is 0. The zero-order chi connectivity index (χ0) is 9.80. The molecule has 76 valence electrons. The largest absolute Gasteiger partial charge is 0.227 e. The third-order valence-electron chi connectivity index (χ3n) is 2.92. The zero-order valence-corrected chi connectivity index (χ0v) is 9.00. The minimum absolute atomic E-state index is 0.381. The van der Waals surface area contributed by atoms with Crippen molar-refractivity contribution in [3.05, 3.63) is 23.2 Å². The molecular formula is C11H15ClN2. The lowest BCUT2D eigenvalue weighted by molar-refractivity contribution is 0.576. The van der Waals surface area contributed by atoms with Crippen molar-refractivity contribution in [3.8, 4) is 0 Å². The van der Waals surface area contributed by atoms with Crippen LogP contribution in [0.25, 0.3) is 0 Å². The van der Waals surface area contributed by atoms with Gasteiger partial charge in [-0.1, -0.05) is 25.7 Å². The van der Waals surface area contributed by atoms with Gasteiger partial charge in [0.2, 0.25) is 5.28 Å². The molecule has 0 spiro atoms. The van der Waals surface area contributed by atoms with Gasteiger partial charge in [-0.25, -0.2) is 9.97 Å². The predicted octanol–water partition coefficient (Wildman–Crippen LogP) is 3.57. The van der Waals surface area contributed by atoms with Crippen molar-refractivity contribution in [3.63, 3.8) is 0 Å². The van der Waals surface area contributed by atoms with Gasteiger partial charge in [-0.15, -0.1) is 0 Å². The van der Waals surface area contributed by atoms with E-state index < -0.39 is 0 Å². The Bertz CT molecular complexity index is 293. The van der Waals surface area contributed by atoms with Gasteiger partial charge in [-0.05, 0) is 30.5 Å². The maximum Gasteiger partial charge on any atom is 0.222 e. The molecule has 1 saturated carbocycles. The molecule has 1 aromatic heterocycles. The van der Waals surface area contributed by atoms with Crippen LogP contribution in [0.15, 0.2) is 12.3 Å². The van der Waals surface area contributed by atoms with E-state index in [4.69, 9.17) is 11.6 Å². The van der Waals surface area contributed by atoms with Crippen molar-refractivity contribution in [1.82, 2.24) is 9.97 Å². The molecule has 0 N–H and O–H groups in total. The van der Waals surface area contributed by atoms with Gasteiger partial charge in [0, 0.05) is 17.8 Å². The average Bonchev–Trinajstić information content (AvgIpc) is 2.45. The van der Waals surface area contributed by atoms with E-state index in [1.807, 2.05) is 6.07 Å². The van der Waals surface area contributed by atoms with E-state index in [0.717, 1.165) is 5.69 Å². The molecular weight excluding hydrogens is 196 g/mol. The lowest BCUT2D eigenvalue weighted by Crippen LogP contribution is -2.00. The molecule has 0 unspecified atom stereocenters. The van der Waals surface area contributed by atoms with Gasteiger partial charge < -0.3 is 0 Å². The Labute approximate surface area is 89.7 Å². The topological polar surface area (TPSA) is 25.8 Å². The van der Waals surface area contributed by atoms with E-state index in [0.29, 0.717) is 11.2 Å². The first kappa shape index (κ1) is 9.91. The second-order valence-corrected chi connectivity index (χ2v) is 4.28. The summed E-state index contributed by atoms with van der Waals surface area (Å²) in [5.74, 6) is 0.609. The fraction of sp³-hybridized carbons (Fsp3) is 0.636. The van der Waals surface area contributed by atoms with Gasteiger partial charge in [-0.2, -0.15) is 0 Å². The Kier molecular flexibility index (Phi) is 3.35. The monoisotopic (exact) mass is 210 g/mol. The first-order chi connectivity index (χ1) is 6.86. The van der Waals surface area contributed by atoms with Gasteiger partial charge in [-0.3, -0.25) is 0 Å². The summed E-state index contributed by atoms with van der Waals surface area (Å²) in [5.41, 5.74) is 1.13. The lowest BCUT2D eigenvalue weighted by atomic mass is 9.96. The molecule has 0 aliphatic heterocycles. The van der Waals surface area contributed by atoms with Gasteiger partial charge in [0.15, 0.2) is 0 Å². The molecule has 1 heterocycles. The van der Waals surface area contributed by atoms with Gasteiger partial charge in [0.25, 0.3) is 0 Å².